The number of hydrogen-bond donors (Lipinski definition) is 2. The molecule has 8 heteroatoms. The summed E-state index contributed by atoms with van der Waals surface area (Å²) < 4.78 is 5.22. The quantitative estimate of drug-likeness (QED) is 0.612. The number of carbonyl (C=O) groups excluding carboxylic acids is 1. The van der Waals surface area contributed by atoms with Crippen LogP contribution in [-0.2, 0) is 11.2 Å². The van der Waals surface area contributed by atoms with Crippen LogP contribution in [0.2, 0.25) is 0 Å². The topological polar surface area (TPSA) is 90.1 Å². The van der Waals surface area contributed by atoms with Gasteiger partial charge in [-0.25, -0.2) is 0 Å². The molecular weight excluding hydrogens is 360 g/mol. The van der Waals surface area contributed by atoms with E-state index in [0.29, 0.717) is 24.5 Å². The van der Waals surface area contributed by atoms with Gasteiger partial charge in [0.2, 0.25) is 11.0 Å². The van der Waals surface area contributed by atoms with Gasteiger partial charge in [-0.1, -0.05) is 36.3 Å². The molecule has 0 aliphatic heterocycles. The molecule has 1 aromatic carbocycles. The second-order valence-corrected chi connectivity index (χ2v) is 6.59. The van der Waals surface area contributed by atoms with Gasteiger partial charge in [0, 0.05) is 12.8 Å². The van der Waals surface area contributed by atoms with Gasteiger partial charge in [0.05, 0.1) is 7.11 Å². The normalized spacial score (nSPS) is 10.2. The smallest absolute Gasteiger partial charge is 0.226 e. The largest absolute Gasteiger partial charge is 0.497 e. The van der Waals surface area contributed by atoms with E-state index in [1.165, 1.54) is 11.3 Å². The van der Waals surface area contributed by atoms with E-state index in [9.17, 15) is 4.79 Å². The molecule has 0 atom stereocenters. The summed E-state index contributed by atoms with van der Waals surface area (Å²) >= 11 is 1.41. The number of rotatable bonds is 10. The maximum Gasteiger partial charge on any atom is 0.226 e. The van der Waals surface area contributed by atoms with E-state index >= 15 is 0 Å². The predicted molar refractivity (Wildman–Crippen MR) is 104 cm³/mol. The van der Waals surface area contributed by atoms with Gasteiger partial charge in [0.15, 0.2) is 0 Å². The maximum atomic E-state index is 11.9. The van der Waals surface area contributed by atoms with Gasteiger partial charge in [-0.3, -0.25) is 4.79 Å². The number of halogens is 1. The van der Waals surface area contributed by atoms with E-state index in [1.807, 2.05) is 24.3 Å². The fourth-order valence-corrected chi connectivity index (χ4v) is 3.09. The van der Waals surface area contributed by atoms with E-state index < -0.39 is 0 Å². The Morgan fingerprint density at radius 1 is 1.24 bits per heavy atom. The minimum Gasteiger partial charge on any atom is -0.497 e. The van der Waals surface area contributed by atoms with Crippen LogP contribution in [0.1, 0.15) is 42.7 Å². The molecule has 0 unspecified atom stereocenters. The van der Waals surface area contributed by atoms with Gasteiger partial charge >= 0.3 is 0 Å². The van der Waals surface area contributed by atoms with Gasteiger partial charge in [-0.15, -0.1) is 22.6 Å². The standard InChI is InChI=1S/C17H24N4O2S.ClH/c1-23-14-8-6-7-13(11-14)12-16-20-21-17(24-16)19-15(22)9-4-2-3-5-10-18;/h6-8,11H,2-5,9-10,12,18H2,1H3,(H,19,21,22);1H. The van der Waals surface area contributed by atoms with Crippen LogP contribution in [0, 0.1) is 0 Å². The number of aromatic nitrogens is 2. The molecular formula is C17H25ClN4O2S. The molecule has 1 aromatic heterocycles. The number of nitrogens with two attached hydrogens (primary N) is 1. The monoisotopic (exact) mass is 384 g/mol. The highest BCUT2D eigenvalue weighted by Crippen LogP contribution is 2.21. The molecule has 1 amide bonds. The molecule has 0 spiro atoms. The Balaban J connectivity index is 0.00000312. The van der Waals surface area contributed by atoms with Crippen molar-refractivity contribution in [3.05, 3.63) is 34.8 Å². The number of amides is 1. The summed E-state index contributed by atoms with van der Waals surface area (Å²) in [7, 11) is 1.65. The molecule has 1 heterocycles. The molecule has 0 saturated heterocycles. The van der Waals surface area contributed by atoms with Crippen molar-refractivity contribution in [1.29, 1.82) is 0 Å². The highest BCUT2D eigenvalue weighted by atomic mass is 35.5. The van der Waals surface area contributed by atoms with Gasteiger partial charge in [0.25, 0.3) is 0 Å². The lowest BCUT2D eigenvalue weighted by Gasteiger charge is -2.02. The summed E-state index contributed by atoms with van der Waals surface area (Å²) in [6.45, 7) is 0.715. The predicted octanol–water partition coefficient (Wildman–Crippen LogP) is 3.41. The third-order valence-corrected chi connectivity index (χ3v) is 4.40. The van der Waals surface area contributed by atoms with E-state index in [0.717, 1.165) is 42.0 Å². The van der Waals surface area contributed by atoms with Gasteiger partial charge in [-0.05, 0) is 37.1 Å². The fraction of sp³-hybridized carbons (Fsp3) is 0.471. The van der Waals surface area contributed by atoms with Crippen LogP contribution >= 0.6 is 23.7 Å². The number of nitrogens with zero attached hydrogens (tertiary/aromatic N) is 2. The van der Waals surface area contributed by atoms with Crippen molar-refractivity contribution in [2.45, 2.75) is 38.5 Å². The zero-order valence-electron chi connectivity index (χ0n) is 14.4. The average molecular weight is 385 g/mol. The molecule has 25 heavy (non-hydrogen) atoms. The van der Waals surface area contributed by atoms with Gasteiger partial charge < -0.3 is 15.8 Å². The zero-order valence-corrected chi connectivity index (χ0v) is 16.0. The number of carbonyl (C=O) groups is 1. The van der Waals surface area contributed by atoms with Crippen LogP contribution in [0.15, 0.2) is 24.3 Å². The number of unbranched alkanes of at least 4 members (excludes halogenated alkanes) is 3. The number of methoxy groups -OCH3 is 1. The van der Waals surface area contributed by atoms with Crippen molar-refractivity contribution in [1.82, 2.24) is 10.2 Å². The third-order valence-electron chi connectivity index (χ3n) is 3.56. The number of benzene rings is 1. The van der Waals surface area contributed by atoms with Gasteiger partial charge in [-0.2, -0.15) is 0 Å². The molecule has 0 radical (unpaired) electrons. The summed E-state index contributed by atoms with van der Waals surface area (Å²) in [6, 6.07) is 7.84. The van der Waals surface area contributed by atoms with Crippen LogP contribution < -0.4 is 15.8 Å². The lowest BCUT2D eigenvalue weighted by atomic mass is 10.1. The molecule has 0 aliphatic rings. The lowest BCUT2D eigenvalue weighted by molar-refractivity contribution is -0.116. The van der Waals surface area contributed by atoms with Crippen molar-refractivity contribution in [3.63, 3.8) is 0 Å². The van der Waals surface area contributed by atoms with Crippen molar-refractivity contribution in [3.8, 4) is 5.75 Å². The van der Waals surface area contributed by atoms with Crippen molar-refractivity contribution in [2.75, 3.05) is 19.0 Å². The Kier molecular flexibility index (Phi) is 10.1. The van der Waals surface area contributed by atoms with Crippen LogP contribution in [-0.4, -0.2) is 29.8 Å². The molecule has 0 aliphatic carbocycles. The molecule has 2 rings (SSSR count). The van der Waals surface area contributed by atoms with Crippen LogP contribution in [0.5, 0.6) is 5.75 Å². The average Bonchev–Trinajstić information content (AvgIpc) is 3.01. The molecule has 0 bridgehead atoms. The number of hydrogen-bond acceptors (Lipinski definition) is 6. The summed E-state index contributed by atoms with van der Waals surface area (Å²) in [5.74, 6) is 0.812. The summed E-state index contributed by atoms with van der Waals surface area (Å²) in [5, 5.41) is 12.4. The number of anilines is 1. The lowest BCUT2D eigenvalue weighted by Crippen LogP contribution is -2.10. The number of nitrogens with one attached hydrogen (secondary N) is 1. The Morgan fingerprint density at radius 3 is 2.80 bits per heavy atom. The highest BCUT2D eigenvalue weighted by Gasteiger charge is 2.09. The first-order valence-electron chi connectivity index (χ1n) is 8.16. The van der Waals surface area contributed by atoms with E-state index in [2.05, 4.69) is 15.5 Å². The Labute approximate surface area is 158 Å². The molecule has 0 fully saturated rings. The number of ether oxygens (including phenoxy) is 1. The first kappa shape index (κ1) is 21.3. The van der Waals surface area contributed by atoms with Crippen LogP contribution in [0.25, 0.3) is 0 Å². The molecule has 0 saturated carbocycles. The summed E-state index contributed by atoms with van der Waals surface area (Å²) in [6.07, 6.45) is 5.18. The summed E-state index contributed by atoms with van der Waals surface area (Å²) in [4.78, 5) is 11.9. The minimum atomic E-state index is -0.00757. The summed E-state index contributed by atoms with van der Waals surface area (Å²) in [5.41, 5.74) is 6.55. The second kappa shape index (κ2) is 11.8. The Bertz CT molecular complexity index is 651. The molecule has 6 nitrogen and oxygen atoms in total. The van der Waals surface area contributed by atoms with E-state index in [4.69, 9.17) is 10.5 Å². The van der Waals surface area contributed by atoms with E-state index in [1.54, 1.807) is 7.11 Å². The third kappa shape index (κ3) is 7.81. The Hall–Kier alpha value is -1.70. The fourth-order valence-electron chi connectivity index (χ4n) is 2.30. The van der Waals surface area contributed by atoms with Crippen molar-refractivity contribution >= 4 is 34.8 Å². The first-order valence-corrected chi connectivity index (χ1v) is 8.98. The van der Waals surface area contributed by atoms with Crippen LogP contribution in [0.3, 0.4) is 0 Å². The Morgan fingerprint density at radius 2 is 2.04 bits per heavy atom. The minimum absolute atomic E-state index is 0. The van der Waals surface area contributed by atoms with Gasteiger partial charge in [0.1, 0.15) is 10.8 Å². The molecule has 3 N–H and O–H groups in total. The molecule has 2 aromatic rings. The molecule has 138 valence electrons. The van der Waals surface area contributed by atoms with E-state index in [-0.39, 0.29) is 18.3 Å². The van der Waals surface area contributed by atoms with Crippen molar-refractivity contribution < 1.29 is 9.53 Å². The van der Waals surface area contributed by atoms with Crippen molar-refractivity contribution in [2.24, 2.45) is 5.73 Å². The maximum absolute atomic E-state index is 11.9. The van der Waals surface area contributed by atoms with Crippen LogP contribution in [0.4, 0.5) is 5.13 Å². The second-order valence-electron chi connectivity index (χ2n) is 5.53. The SMILES string of the molecule is COc1cccc(Cc2nnc(NC(=O)CCCCCCN)s2)c1.Cl. The first-order chi connectivity index (χ1) is 11.7. The highest BCUT2D eigenvalue weighted by molar-refractivity contribution is 7.15. The zero-order chi connectivity index (χ0) is 17.2.